The zero-order valence-corrected chi connectivity index (χ0v) is 19.1. The Bertz CT molecular complexity index is 1060. The third kappa shape index (κ3) is 4.96. The van der Waals surface area contributed by atoms with Gasteiger partial charge in [-0.15, -0.1) is 0 Å². The molecule has 31 heavy (non-hydrogen) atoms. The molecule has 0 atom stereocenters. The summed E-state index contributed by atoms with van der Waals surface area (Å²) in [5.41, 5.74) is 6.12. The summed E-state index contributed by atoms with van der Waals surface area (Å²) in [4.78, 5) is 19.3. The van der Waals surface area contributed by atoms with E-state index >= 15 is 0 Å². The van der Waals surface area contributed by atoms with Gasteiger partial charge >= 0.3 is 0 Å². The minimum atomic E-state index is 0.0546. The summed E-state index contributed by atoms with van der Waals surface area (Å²) in [6, 6.07) is 15.3. The van der Waals surface area contributed by atoms with Crippen LogP contribution in [0.1, 0.15) is 48.5 Å². The molecule has 0 aliphatic heterocycles. The molecule has 0 saturated heterocycles. The van der Waals surface area contributed by atoms with Gasteiger partial charge in [0.25, 0.3) is 0 Å². The smallest absolute Gasteiger partial charge is 0.163 e. The number of pyridine rings is 1. The molecule has 1 aromatic heterocycles. The number of hydrogen-bond donors (Lipinski definition) is 1. The number of rotatable bonds is 6. The van der Waals surface area contributed by atoms with E-state index < -0.39 is 0 Å². The molecule has 3 aromatic rings. The topological polar surface area (TPSA) is 45.2 Å². The first-order chi connectivity index (χ1) is 14.9. The van der Waals surface area contributed by atoms with Crippen LogP contribution < -0.4 is 5.32 Å². The molecule has 1 saturated carbocycles. The number of nitrogens with zero attached hydrogens (tertiary/aromatic N) is 2. The van der Waals surface area contributed by atoms with Gasteiger partial charge in [-0.3, -0.25) is 9.78 Å². The third-order valence-electron chi connectivity index (χ3n) is 6.45. The number of carbonyl (C=O) groups is 1. The molecule has 4 heteroatoms. The number of aromatic nitrogens is 1. The van der Waals surface area contributed by atoms with E-state index in [1.807, 2.05) is 0 Å². The van der Waals surface area contributed by atoms with E-state index in [9.17, 15) is 4.79 Å². The average molecular weight is 416 g/mol. The first-order valence-corrected chi connectivity index (χ1v) is 11.3. The monoisotopic (exact) mass is 415 g/mol. The van der Waals surface area contributed by atoms with E-state index in [1.165, 1.54) is 24.0 Å². The average Bonchev–Trinajstić information content (AvgIpc) is 2.75. The Hall–Kier alpha value is -2.72. The highest BCUT2D eigenvalue weighted by atomic mass is 16.1. The molecule has 1 aliphatic rings. The van der Waals surface area contributed by atoms with Crippen LogP contribution in [0.3, 0.4) is 0 Å². The van der Waals surface area contributed by atoms with Crippen molar-refractivity contribution < 1.29 is 4.79 Å². The summed E-state index contributed by atoms with van der Waals surface area (Å²) < 4.78 is 0. The van der Waals surface area contributed by atoms with Crippen molar-refractivity contribution in [1.29, 1.82) is 0 Å². The molecule has 0 radical (unpaired) electrons. The molecular weight excluding hydrogens is 382 g/mol. The van der Waals surface area contributed by atoms with E-state index in [2.05, 4.69) is 78.7 Å². The highest BCUT2D eigenvalue weighted by molar-refractivity contribution is 6.07. The second-order valence-electron chi connectivity index (χ2n) is 9.33. The van der Waals surface area contributed by atoms with Gasteiger partial charge in [-0.25, -0.2) is 0 Å². The number of ketones is 1. The van der Waals surface area contributed by atoms with Crippen LogP contribution in [-0.4, -0.2) is 42.3 Å². The molecule has 4 nitrogen and oxygen atoms in total. The maximum absolute atomic E-state index is 12.4. The molecule has 4 rings (SSSR count). The van der Waals surface area contributed by atoms with Crippen LogP contribution in [0, 0.1) is 12.8 Å². The first-order valence-electron chi connectivity index (χ1n) is 11.3. The van der Waals surface area contributed by atoms with Crippen LogP contribution in [0.4, 0.5) is 5.69 Å². The maximum Gasteiger partial charge on any atom is 0.163 e. The van der Waals surface area contributed by atoms with Crippen molar-refractivity contribution in [2.24, 2.45) is 5.92 Å². The zero-order valence-electron chi connectivity index (χ0n) is 19.1. The van der Waals surface area contributed by atoms with E-state index in [0.717, 1.165) is 47.5 Å². The Morgan fingerprint density at radius 3 is 2.35 bits per heavy atom. The Morgan fingerprint density at radius 1 is 1.03 bits per heavy atom. The minimum Gasteiger partial charge on any atom is -0.381 e. The van der Waals surface area contributed by atoms with Crippen LogP contribution >= 0.6 is 0 Å². The zero-order chi connectivity index (χ0) is 22.0. The number of anilines is 1. The molecule has 162 valence electrons. The van der Waals surface area contributed by atoms with Gasteiger partial charge in [-0.1, -0.05) is 35.9 Å². The summed E-state index contributed by atoms with van der Waals surface area (Å²) in [5, 5.41) is 4.79. The molecule has 1 aliphatic carbocycles. The van der Waals surface area contributed by atoms with Crippen LogP contribution in [0.5, 0.6) is 0 Å². The number of benzene rings is 2. The van der Waals surface area contributed by atoms with E-state index in [1.54, 1.807) is 13.1 Å². The Balaban J connectivity index is 1.67. The van der Waals surface area contributed by atoms with Gasteiger partial charge in [0, 0.05) is 24.2 Å². The number of Topliss-reactive ketones (excluding diaryl/α,β-unsaturated/α-hetero) is 1. The SMILES string of the molecule is CC(=O)c1cnc2ccc(-c3ccc(C)cc3)cc2c1NC1CCC(CN(C)C)CC1. The van der Waals surface area contributed by atoms with Crippen molar-refractivity contribution in [1.82, 2.24) is 9.88 Å². The minimum absolute atomic E-state index is 0.0546. The summed E-state index contributed by atoms with van der Waals surface area (Å²) in [7, 11) is 4.30. The molecular formula is C27H33N3O. The van der Waals surface area contributed by atoms with Gasteiger partial charge in [0.15, 0.2) is 5.78 Å². The molecule has 1 fully saturated rings. The molecule has 2 aromatic carbocycles. The quantitative estimate of drug-likeness (QED) is 0.506. The second-order valence-corrected chi connectivity index (χ2v) is 9.33. The molecule has 1 N–H and O–H groups in total. The lowest BCUT2D eigenvalue weighted by Gasteiger charge is -2.32. The van der Waals surface area contributed by atoms with Crippen molar-refractivity contribution in [3.05, 3.63) is 59.8 Å². The van der Waals surface area contributed by atoms with Crippen molar-refractivity contribution in [2.75, 3.05) is 26.0 Å². The van der Waals surface area contributed by atoms with Gasteiger partial charge in [0.2, 0.25) is 0 Å². The van der Waals surface area contributed by atoms with Crippen molar-refractivity contribution in [2.45, 2.75) is 45.6 Å². The van der Waals surface area contributed by atoms with Gasteiger partial charge in [0.1, 0.15) is 0 Å². The van der Waals surface area contributed by atoms with E-state index in [4.69, 9.17) is 0 Å². The van der Waals surface area contributed by atoms with Crippen LogP contribution in [0.25, 0.3) is 22.0 Å². The van der Waals surface area contributed by atoms with Crippen molar-refractivity contribution in [3.63, 3.8) is 0 Å². The maximum atomic E-state index is 12.4. The van der Waals surface area contributed by atoms with E-state index in [-0.39, 0.29) is 5.78 Å². The highest BCUT2D eigenvalue weighted by Gasteiger charge is 2.23. The van der Waals surface area contributed by atoms with E-state index in [0.29, 0.717) is 11.6 Å². The van der Waals surface area contributed by atoms with Gasteiger partial charge in [-0.2, -0.15) is 0 Å². The van der Waals surface area contributed by atoms with Crippen molar-refractivity contribution >= 4 is 22.4 Å². The number of fused-ring (bicyclic) bond motifs is 1. The molecule has 0 amide bonds. The summed E-state index contributed by atoms with van der Waals surface area (Å²) in [6.07, 6.45) is 6.45. The Labute approximate surface area is 185 Å². The molecule has 0 spiro atoms. The molecule has 0 bridgehead atoms. The van der Waals surface area contributed by atoms with Crippen LogP contribution in [-0.2, 0) is 0 Å². The highest BCUT2D eigenvalue weighted by Crippen LogP contribution is 2.34. The fourth-order valence-electron chi connectivity index (χ4n) is 4.75. The Morgan fingerprint density at radius 2 is 1.71 bits per heavy atom. The fourth-order valence-corrected chi connectivity index (χ4v) is 4.75. The number of hydrogen-bond acceptors (Lipinski definition) is 4. The summed E-state index contributed by atoms with van der Waals surface area (Å²) >= 11 is 0. The van der Waals surface area contributed by atoms with Gasteiger partial charge in [-0.05, 0) is 82.8 Å². The Kier molecular flexibility index (Phi) is 6.38. The fraction of sp³-hybridized carbons (Fsp3) is 0.407. The lowest BCUT2D eigenvalue weighted by molar-refractivity contribution is 0.101. The molecule has 1 heterocycles. The van der Waals surface area contributed by atoms with Gasteiger partial charge < -0.3 is 10.2 Å². The predicted molar refractivity (Wildman–Crippen MR) is 130 cm³/mol. The van der Waals surface area contributed by atoms with Gasteiger partial charge in [0.05, 0.1) is 16.8 Å². The predicted octanol–water partition coefficient (Wildman–Crippen LogP) is 5.95. The van der Waals surface area contributed by atoms with Crippen LogP contribution in [0.15, 0.2) is 48.7 Å². The first kappa shape index (κ1) is 21.5. The lowest BCUT2D eigenvalue weighted by Crippen LogP contribution is -2.31. The number of aryl methyl sites for hydroxylation is 1. The van der Waals surface area contributed by atoms with Crippen LogP contribution in [0.2, 0.25) is 0 Å². The second kappa shape index (κ2) is 9.19. The molecule has 0 unspecified atom stereocenters. The summed E-state index contributed by atoms with van der Waals surface area (Å²) in [5.74, 6) is 0.821. The largest absolute Gasteiger partial charge is 0.381 e. The van der Waals surface area contributed by atoms with Crippen molar-refractivity contribution in [3.8, 4) is 11.1 Å². The number of nitrogens with one attached hydrogen (secondary N) is 1. The number of carbonyl (C=O) groups excluding carboxylic acids is 1. The lowest BCUT2D eigenvalue weighted by atomic mass is 9.85. The third-order valence-corrected chi connectivity index (χ3v) is 6.45. The standard InChI is InChI=1S/C27H33N3O/c1-18-5-9-21(10-6-18)22-11-14-26-24(15-22)27(25(16-28-26)19(2)31)29-23-12-7-20(8-13-23)17-30(3)4/h5-6,9-11,14-16,20,23H,7-8,12-13,17H2,1-4H3,(H,28,29). The summed E-state index contributed by atoms with van der Waals surface area (Å²) in [6.45, 7) is 4.89. The normalized spacial score (nSPS) is 19.0.